The van der Waals surface area contributed by atoms with E-state index in [2.05, 4.69) is 20.8 Å². The molecule has 0 aliphatic rings. The second kappa shape index (κ2) is 5.02. The lowest BCUT2D eigenvalue weighted by Crippen LogP contribution is -1.82. The minimum Gasteiger partial charge on any atom is -0.0654 e. The molecule has 0 aromatic heterocycles. The fourth-order valence-electron chi connectivity index (χ4n) is 0.729. The van der Waals surface area contributed by atoms with Crippen LogP contribution >= 0.6 is 0 Å². The first-order valence-corrected chi connectivity index (χ1v) is 3.56. The lowest BCUT2D eigenvalue weighted by molar-refractivity contribution is 0.677. The second-order valence-electron chi connectivity index (χ2n) is 2.66. The van der Waals surface area contributed by atoms with Crippen LogP contribution in [0.5, 0.6) is 0 Å². The highest BCUT2D eigenvalue weighted by Crippen LogP contribution is 2.08. The van der Waals surface area contributed by atoms with E-state index >= 15 is 0 Å². The molecule has 48 valence electrons. The maximum atomic E-state index is 2.24. The third-order valence-electron chi connectivity index (χ3n) is 1.28. The molecular formula is C8H17+. The molecule has 0 saturated heterocycles. The summed E-state index contributed by atoms with van der Waals surface area (Å²) in [6.45, 7) is 6.65. The molecule has 0 saturated carbocycles. The molecule has 0 atom stereocenters. The van der Waals surface area contributed by atoms with Gasteiger partial charge in [0.15, 0.2) is 0 Å². The van der Waals surface area contributed by atoms with Crippen molar-refractivity contribution in [2.24, 2.45) is 0 Å². The standard InChI is InChI=1S/C8H17/c1-4-5-6-7-8(2)3/h4-7H2,1-3H3/q+1. The molecule has 0 rings (SSSR count). The minimum atomic E-state index is 1.33. The summed E-state index contributed by atoms with van der Waals surface area (Å²) in [6, 6.07) is 0. The Balaban J connectivity index is 2.72. The third-order valence-corrected chi connectivity index (χ3v) is 1.28. The Hall–Kier alpha value is -0.130. The Kier molecular flexibility index (Phi) is 4.93. The van der Waals surface area contributed by atoms with Gasteiger partial charge in [-0.1, -0.05) is 13.3 Å². The number of hydrogen-bond donors (Lipinski definition) is 0. The fraction of sp³-hybridized carbons (Fsp3) is 0.875. The molecule has 0 heteroatoms. The minimum absolute atomic E-state index is 1.33. The fourth-order valence-corrected chi connectivity index (χ4v) is 0.729. The third kappa shape index (κ3) is 5.87. The SMILES string of the molecule is CCCCC[C+](C)C. The molecule has 0 heterocycles. The second-order valence-corrected chi connectivity index (χ2v) is 2.66. The molecule has 0 spiro atoms. The lowest BCUT2D eigenvalue weighted by atomic mass is 10.1. The van der Waals surface area contributed by atoms with Crippen molar-refractivity contribution in [3.63, 3.8) is 0 Å². The maximum absolute atomic E-state index is 2.24. The molecule has 0 nitrogen and oxygen atoms in total. The van der Waals surface area contributed by atoms with Crippen LogP contribution in [-0.2, 0) is 0 Å². The van der Waals surface area contributed by atoms with E-state index in [9.17, 15) is 0 Å². The Morgan fingerprint density at radius 1 is 1.12 bits per heavy atom. The normalized spacial score (nSPS) is 9.38. The summed E-state index contributed by atoms with van der Waals surface area (Å²) in [5.74, 6) is 1.57. The summed E-state index contributed by atoms with van der Waals surface area (Å²) in [5.41, 5.74) is 0. The molecule has 0 aliphatic carbocycles. The molecule has 0 bridgehead atoms. The van der Waals surface area contributed by atoms with Gasteiger partial charge in [-0.2, -0.15) is 0 Å². The molecule has 0 aromatic rings. The van der Waals surface area contributed by atoms with Crippen molar-refractivity contribution in [2.45, 2.75) is 46.5 Å². The van der Waals surface area contributed by atoms with Crippen molar-refractivity contribution in [3.05, 3.63) is 5.92 Å². The quantitative estimate of drug-likeness (QED) is 0.388. The summed E-state index contributed by atoms with van der Waals surface area (Å²) < 4.78 is 0. The zero-order valence-electron chi connectivity index (χ0n) is 6.33. The van der Waals surface area contributed by atoms with Crippen molar-refractivity contribution in [1.29, 1.82) is 0 Å². The van der Waals surface area contributed by atoms with Crippen LogP contribution in [-0.4, -0.2) is 0 Å². The lowest BCUT2D eigenvalue weighted by Gasteiger charge is -1.91. The van der Waals surface area contributed by atoms with Gasteiger partial charge in [-0.05, 0) is 12.8 Å². The molecule has 0 aromatic carbocycles. The zero-order chi connectivity index (χ0) is 6.41. The highest BCUT2D eigenvalue weighted by atomic mass is 14.0. The Labute approximate surface area is 53.3 Å². The number of unbranched alkanes of at least 4 members (excludes halogenated alkanes) is 2. The Bertz CT molecular complexity index is 37.3. The summed E-state index contributed by atoms with van der Waals surface area (Å²) in [7, 11) is 0. The predicted octanol–water partition coefficient (Wildman–Crippen LogP) is 3.18. The first-order chi connectivity index (χ1) is 3.77. The van der Waals surface area contributed by atoms with Crippen molar-refractivity contribution in [1.82, 2.24) is 0 Å². The van der Waals surface area contributed by atoms with Gasteiger partial charge in [-0.15, -0.1) is 0 Å². The van der Waals surface area contributed by atoms with Crippen LogP contribution in [0.2, 0.25) is 0 Å². The molecule has 0 N–H and O–H groups in total. The predicted molar refractivity (Wildman–Crippen MR) is 38.7 cm³/mol. The zero-order valence-corrected chi connectivity index (χ0v) is 6.33. The van der Waals surface area contributed by atoms with Crippen molar-refractivity contribution in [2.75, 3.05) is 0 Å². The average Bonchev–Trinajstić information content (AvgIpc) is 1.66. The number of hydrogen-bond acceptors (Lipinski definition) is 0. The monoisotopic (exact) mass is 113 g/mol. The molecule has 8 heavy (non-hydrogen) atoms. The van der Waals surface area contributed by atoms with Crippen LogP contribution in [0.1, 0.15) is 46.5 Å². The van der Waals surface area contributed by atoms with Gasteiger partial charge in [-0.25, -0.2) is 0 Å². The van der Waals surface area contributed by atoms with Gasteiger partial charge in [0.25, 0.3) is 0 Å². The maximum Gasteiger partial charge on any atom is 0.0894 e. The van der Waals surface area contributed by atoms with Crippen LogP contribution < -0.4 is 0 Å². The molecule has 0 aliphatic heterocycles. The van der Waals surface area contributed by atoms with E-state index in [-0.39, 0.29) is 0 Å². The van der Waals surface area contributed by atoms with E-state index in [0.29, 0.717) is 0 Å². The van der Waals surface area contributed by atoms with Gasteiger partial charge >= 0.3 is 0 Å². The van der Waals surface area contributed by atoms with Crippen molar-refractivity contribution >= 4 is 0 Å². The van der Waals surface area contributed by atoms with Crippen LogP contribution in [0.3, 0.4) is 0 Å². The summed E-state index contributed by atoms with van der Waals surface area (Å²) in [6.07, 6.45) is 5.45. The van der Waals surface area contributed by atoms with Gasteiger partial charge in [0, 0.05) is 0 Å². The topological polar surface area (TPSA) is 0 Å². The van der Waals surface area contributed by atoms with Crippen molar-refractivity contribution < 1.29 is 0 Å². The molecule has 0 radical (unpaired) electrons. The smallest absolute Gasteiger partial charge is 0.0654 e. The van der Waals surface area contributed by atoms with E-state index < -0.39 is 0 Å². The van der Waals surface area contributed by atoms with Gasteiger partial charge in [0.1, 0.15) is 0 Å². The van der Waals surface area contributed by atoms with Crippen LogP contribution in [0.25, 0.3) is 0 Å². The first-order valence-electron chi connectivity index (χ1n) is 3.56. The van der Waals surface area contributed by atoms with E-state index in [1.54, 1.807) is 5.92 Å². The molecule has 0 unspecified atom stereocenters. The summed E-state index contributed by atoms with van der Waals surface area (Å²) >= 11 is 0. The largest absolute Gasteiger partial charge is 0.0894 e. The van der Waals surface area contributed by atoms with E-state index in [4.69, 9.17) is 0 Å². The van der Waals surface area contributed by atoms with Gasteiger partial charge in [0.05, 0.1) is 26.2 Å². The summed E-state index contributed by atoms with van der Waals surface area (Å²) in [4.78, 5) is 0. The van der Waals surface area contributed by atoms with Crippen LogP contribution in [0.4, 0.5) is 0 Å². The molecule has 0 fully saturated rings. The van der Waals surface area contributed by atoms with Gasteiger partial charge < -0.3 is 0 Å². The Morgan fingerprint density at radius 2 is 1.75 bits per heavy atom. The van der Waals surface area contributed by atoms with Gasteiger partial charge in [0.2, 0.25) is 0 Å². The van der Waals surface area contributed by atoms with Gasteiger partial charge in [-0.3, -0.25) is 0 Å². The average molecular weight is 113 g/mol. The van der Waals surface area contributed by atoms with Crippen molar-refractivity contribution in [3.8, 4) is 0 Å². The highest BCUT2D eigenvalue weighted by molar-refractivity contribution is 4.75. The van der Waals surface area contributed by atoms with E-state index in [0.717, 1.165) is 0 Å². The van der Waals surface area contributed by atoms with E-state index in [1.165, 1.54) is 25.7 Å². The first kappa shape index (κ1) is 7.87. The molecular weight excluding hydrogens is 96.1 g/mol. The summed E-state index contributed by atoms with van der Waals surface area (Å²) in [5, 5.41) is 0. The number of rotatable bonds is 4. The Morgan fingerprint density at radius 3 is 2.12 bits per heavy atom. The van der Waals surface area contributed by atoms with E-state index in [1.807, 2.05) is 0 Å². The van der Waals surface area contributed by atoms with Crippen LogP contribution in [0, 0.1) is 5.92 Å². The van der Waals surface area contributed by atoms with Crippen LogP contribution in [0.15, 0.2) is 0 Å². The molecule has 0 amide bonds. The highest BCUT2D eigenvalue weighted by Gasteiger charge is 2.00.